The van der Waals surface area contributed by atoms with Crippen LogP contribution in [0.1, 0.15) is 36.7 Å². The van der Waals surface area contributed by atoms with E-state index in [1.165, 1.54) is 0 Å². The molecule has 0 unspecified atom stereocenters. The van der Waals surface area contributed by atoms with Crippen LogP contribution in [0, 0.1) is 0 Å². The zero-order valence-corrected chi connectivity index (χ0v) is 12.0. The highest BCUT2D eigenvalue weighted by molar-refractivity contribution is 5.93. The van der Waals surface area contributed by atoms with Gasteiger partial charge in [-0.2, -0.15) is 0 Å². The minimum absolute atomic E-state index is 0.0414. The average Bonchev–Trinajstić information content (AvgIpc) is 2.38. The third-order valence-corrected chi connectivity index (χ3v) is 3.04. The molecule has 0 fully saturated rings. The van der Waals surface area contributed by atoms with Crippen LogP contribution in [0.4, 0.5) is 11.4 Å². The summed E-state index contributed by atoms with van der Waals surface area (Å²) in [5, 5.41) is 3.24. The van der Waals surface area contributed by atoms with Gasteiger partial charge in [0.05, 0.1) is 11.9 Å². The number of carbonyl (C=O) groups is 1. The molecule has 2 rings (SSSR count). The van der Waals surface area contributed by atoms with Gasteiger partial charge in [0.25, 0.3) is 0 Å². The van der Waals surface area contributed by atoms with Crippen molar-refractivity contribution >= 4 is 17.3 Å². The number of nitrogens with two attached hydrogens (primary N) is 1. The van der Waals surface area contributed by atoms with Gasteiger partial charge in [-0.15, -0.1) is 0 Å². The zero-order chi connectivity index (χ0) is 14.8. The predicted octanol–water partition coefficient (Wildman–Crippen LogP) is 3.22. The first-order chi connectivity index (χ1) is 9.36. The molecule has 1 amide bonds. The van der Waals surface area contributed by atoms with E-state index in [0.29, 0.717) is 5.56 Å². The fourth-order valence-corrected chi connectivity index (χ4v) is 1.84. The Morgan fingerprint density at radius 1 is 1.15 bits per heavy atom. The summed E-state index contributed by atoms with van der Waals surface area (Å²) in [6.45, 7) is 6.42. The summed E-state index contributed by atoms with van der Waals surface area (Å²) in [5.74, 6) is -0.435. The number of benzene rings is 1. The van der Waals surface area contributed by atoms with E-state index >= 15 is 0 Å². The maximum Gasteiger partial charge on any atom is 0.248 e. The van der Waals surface area contributed by atoms with E-state index in [2.05, 4.69) is 37.1 Å². The lowest BCUT2D eigenvalue weighted by Crippen LogP contribution is -2.12. The van der Waals surface area contributed by atoms with Gasteiger partial charge in [0, 0.05) is 17.4 Å². The van der Waals surface area contributed by atoms with Gasteiger partial charge < -0.3 is 11.1 Å². The molecule has 0 atom stereocenters. The molecule has 0 bridgehead atoms. The van der Waals surface area contributed by atoms with Gasteiger partial charge >= 0.3 is 0 Å². The number of nitrogens with one attached hydrogen (secondary N) is 1. The number of hydrogen-bond acceptors (Lipinski definition) is 3. The summed E-state index contributed by atoms with van der Waals surface area (Å²) in [7, 11) is 0. The van der Waals surface area contributed by atoms with Gasteiger partial charge in [0.2, 0.25) is 5.91 Å². The smallest absolute Gasteiger partial charge is 0.248 e. The molecule has 104 valence electrons. The molecule has 1 aromatic carbocycles. The third-order valence-electron chi connectivity index (χ3n) is 3.04. The Labute approximate surface area is 119 Å². The summed E-state index contributed by atoms with van der Waals surface area (Å²) in [4.78, 5) is 15.4. The lowest BCUT2D eigenvalue weighted by molar-refractivity contribution is 0.100. The second-order valence-electron chi connectivity index (χ2n) is 5.78. The second kappa shape index (κ2) is 5.33. The first kappa shape index (κ1) is 14.1. The highest BCUT2D eigenvalue weighted by Gasteiger charge is 2.14. The topological polar surface area (TPSA) is 68.0 Å². The number of pyridine rings is 1. The van der Waals surface area contributed by atoms with E-state index in [-0.39, 0.29) is 5.41 Å². The van der Waals surface area contributed by atoms with Crippen molar-refractivity contribution in [3.63, 3.8) is 0 Å². The Bertz CT molecular complexity index is 630. The average molecular weight is 269 g/mol. The summed E-state index contributed by atoms with van der Waals surface area (Å²) in [5.41, 5.74) is 8.65. The van der Waals surface area contributed by atoms with E-state index in [1.54, 1.807) is 24.4 Å². The van der Waals surface area contributed by atoms with E-state index in [1.807, 2.05) is 12.3 Å². The van der Waals surface area contributed by atoms with Gasteiger partial charge in [-0.05, 0) is 35.2 Å². The molecule has 20 heavy (non-hydrogen) atoms. The van der Waals surface area contributed by atoms with Crippen molar-refractivity contribution in [1.29, 1.82) is 0 Å². The van der Waals surface area contributed by atoms with Gasteiger partial charge in [-0.25, -0.2) is 0 Å². The molecule has 4 nitrogen and oxygen atoms in total. The number of carbonyl (C=O) groups excluding carboxylic acids is 1. The van der Waals surface area contributed by atoms with Crippen molar-refractivity contribution in [1.82, 2.24) is 4.98 Å². The third kappa shape index (κ3) is 3.35. The van der Waals surface area contributed by atoms with Crippen LogP contribution >= 0.6 is 0 Å². The SMILES string of the molecule is CC(C)(C)c1cncc(Nc2cccc(C(N)=O)c2)c1. The van der Waals surface area contributed by atoms with Crippen LogP contribution < -0.4 is 11.1 Å². The molecule has 1 heterocycles. The minimum atomic E-state index is -0.435. The summed E-state index contributed by atoms with van der Waals surface area (Å²) < 4.78 is 0. The molecule has 0 saturated heterocycles. The molecule has 0 aliphatic heterocycles. The summed E-state index contributed by atoms with van der Waals surface area (Å²) in [6.07, 6.45) is 3.62. The van der Waals surface area contributed by atoms with Crippen molar-refractivity contribution in [3.8, 4) is 0 Å². The van der Waals surface area contributed by atoms with Crippen molar-refractivity contribution < 1.29 is 4.79 Å². The first-order valence-electron chi connectivity index (χ1n) is 6.49. The molecule has 0 saturated carbocycles. The number of primary amides is 1. The van der Waals surface area contributed by atoms with Crippen LogP contribution in [0.2, 0.25) is 0 Å². The summed E-state index contributed by atoms with van der Waals surface area (Å²) in [6, 6.07) is 9.16. The van der Waals surface area contributed by atoms with E-state index in [0.717, 1.165) is 16.9 Å². The lowest BCUT2D eigenvalue weighted by atomic mass is 9.88. The van der Waals surface area contributed by atoms with E-state index in [4.69, 9.17) is 5.73 Å². The number of nitrogens with zero attached hydrogens (tertiary/aromatic N) is 1. The van der Waals surface area contributed by atoms with E-state index in [9.17, 15) is 4.79 Å². The van der Waals surface area contributed by atoms with Crippen LogP contribution in [-0.4, -0.2) is 10.9 Å². The van der Waals surface area contributed by atoms with Crippen LogP contribution in [0.3, 0.4) is 0 Å². The molecule has 1 aromatic heterocycles. The number of rotatable bonds is 3. The normalized spacial score (nSPS) is 11.2. The maximum absolute atomic E-state index is 11.2. The first-order valence-corrected chi connectivity index (χ1v) is 6.49. The highest BCUT2D eigenvalue weighted by Crippen LogP contribution is 2.25. The minimum Gasteiger partial charge on any atom is -0.366 e. The van der Waals surface area contributed by atoms with Crippen LogP contribution in [-0.2, 0) is 5.41 Å². The second-order valence-corrected chi connectivity index (χ2v) is 5.78. The van der Waals surface area contributed by atoms with Crippen LogP contribution in [0.15, 0.2) is 42.7 Å². The van der Waals surface area contributed by atoms with Gasteiger partial charge in [0.1, 0.15) is 0 Å². The van der Waals surface area contributed by atoms with Gasteiger partial charge in [-0.1, -0.05) is 26.8 Å². The Kier molecular flexibility index (Phi) is 3.74. The maximum atomic E-state index is 11.2. The monoisotopic (exact) mass is 269 g/mol. The van der Waals surface area contributed by atoms with Crippen LogP contribution in [0.25, 0.3) is 0 Å². The Hall–Kier alpha value is -2.36. The Morgan fingerprint density at radius 3 is 2.55 bits per heavy atom. The van der Waals surface area contributed by atoms with Gasteiger partial charge in [-0.3, -0.25) is 9.78 Å². The quantitative estimate of drug-likeness (QED) is 0.899. The molecule has 2 aromatic rings. The standard InChI is InChI=1S/C16H19N3O/c1-16(2,3)12-8-14(10-18-9-12)19-13-6-4-5-11(7-13)15(17)20/h4-10,19H,1-3H3,(H2,17,20). The molecular weight excluding hydrogens is 250 g/mol. The Balaban J connectivity index is 2.26. The number of aromatic nitrogens is 1. The van der Waals surface area contributed by atoms with E-state index < -0.39 is 5.91 Å². The largest absolute Gasteiger partial charge is 0.366 e. The van der Waals surface area contributed by atoms with Crippen molar-refractivity contribution in [2.24, 2.45) is 5.73 Å². The fraction of sp³-hybridized carbons (Fsp3) is 0.250. The van der Waals surface area contributed by atoms with Gasteiger partial charge in [0.15, 0.2) is 0 Å². The molecule has 0 radical (unpaired) electrons. The van der Waals surface area contributed by atoms with Crippen LogP contribution in [0.5, 0.6) is 0 Å². The molecule has 0 aliphatic carbocycles. The van der Waals surface area contributed by atoms with Crippen molar-refractivity contribution in [2.75, 3.05) is 5.32 Å². The predicted molar refractivity (Wildman–Crippen MR) is 81.2 cm³/mol. The molecule has 0 spiro atoms. The molecule has 4 heteroatoms. The zero-order valence-electron chi connectivity index (χ0n) is 12.0. The summed E-state index contributed by atoms with van der Waals surface area (Å²) >= 11 is 0. The lowest BCUT2D eigenvalue weighted by Gasteiger charge is -2.19. The number of amides is 1. The fourth-order valence-electron chi connectivity index (χ4n) is 1.84. The molecule has 3 N–H and O–H groups in total. The molecular formula is C16H19N3O. The van der Waals surface area contributed by atoms with Crippen molar-refractivity contribution in [3.05, 3.63) is 53.9 Å². The van der Waals surface area contributed by atoms with Crippen molar-refractivity contribution in [2.45, 2.75) is 26.2 Å². The Morgan fingerprint density at radius 2 is 1.90 bits per heavy atom. The highest BCUT2D eigenvalue weighted by atomic mass is 16.1. The number of hydrogen-bond donors (Lipinski definition) is 2. The molecule has 0 aliphatic rings. The number of anilines is 2.